The Bertz CT molecular complexity index is 661. The number of amides is 1. The number of rotatable bonds is 2. The zero-order valence-corrected chi connectivity index (χ0v) is 12.4. The van der Waals surface area contributed by atoms with Crippen LogP contribution in [0.1, 0.15) is 35.4 Å². The Morgan fingerprint density at radius 2 is 2.10 bits per heavy atom. The average Bonchev–Trinajstić information content (AvgIpc) is 3.08. The quantitative estimate of drug-likeness (QED) is 0.826. The molecule has 1 aliphatic heterocycles. The molecule has 0 fully saturated rings. The van der Waals surface area contributed by atoms with Gasteiger partial charge in [-0.15, -0.1) is 11.3 Å². The molecule has 0 radical (unpaired) electrons. The van der Waals surface area contributed by atoms with Crippen LogP contribution in [0.25, 0.3) is 0 Å². The summed E-state index contributed by atoms with van der Waals surface area (Å²) in [6, 6.07) is 12.3. The van der Waals surface area contributed by atoms with E-state index in [1.807, 2.05) is 23.6 Å². The van der Waals surface area contributed by atoms with Gasteiger partial charge in [-0.25, -0.2) is 5.01 Å². The van der Waals surface area contributed by atoms with E-state index in [0.717, 1.165) is 17.0 Å². The molecule has 1 amide bonds. The summed E-state index contributed by atoms with van der Waals surface area (Å²) in [5, 5.41) is 8.20. The second-order valence-corrected chi connectivity index (χ2v) is 5.91. The van der Waals surface area contributed by atoms with E-state index in [4.69, 9.17) is 0 Å². The van der Waals surface area contributed by atoms with E-state index in [-0.39, 0.29) is 11.9 Å². The lowest BCUT2D eigenvalue weighted by atomic mass is 9.97. The summed E-state index contributed by atoms with van der Waals surface area (Å²) < 4.78 is 0. The first-order valence-electron chi connectivity index (χ1n) is 6.63. The monoisotopic (exact) mass is 284 g/mol. The molecule has 4 heteroatoms. The predicted octanol–water partition coefficient (Wildman–Crippen LogP) is 3.75. The number of thiophene rings is 1. The molecule has 102 valence electrons. The van der Waals surface area contributed by atoms with Crippen molar-refractivity contribution in [2.75, 3.05) is 0 Å². The molecule has 20 heavy (non-hydrogen) atoms. The number of aryl methyl sites for hydroxylation is 1. The maximum atomic E-state index is 11.9. The smallest absolute Gasteiger partial charge is 0.240 e. The van der Waals surface area contributed by atoms with Gasteiger partial charge in [-0.05, 0) is 29.5 Å². The van der Waals surface area contributed by atoms with Gasteiger partial charge < -0.3 is 0 Å². The normalized spacial score (nSPS) is 18.2. The molecule has 0 N–H and O–H groups in total. The van der Waals surface area contributed by atoms with Crippen molar-refractivity contribution in [1.82, 2.24) is 5.01 Å². The first kappa shape index (κ1) is 13.1. The van der Waals surface area contributed by atoms with E-state index in [0.29, 0.717) is 0 Å². The lowest BCUT2D eigenvalue weighted by Crippen LogP contribution is -2.24. The molecule has 2 heterocycles. The molecule has 0 bridgehead atoms. The summed E-state index contributed by atoms with van der Waals surface area (Å²) in [6.45, 7) is 3.66. The molecule has 1 atom stereocenters. The Balaban J connectivity index is 1.98. The van der Waals surface area contributed by atoms with Crippen molar-refractivity contribution in [2.45, 2.75) is 26.3 Å². The van der Waals surface area contributed by atoms with Crippen LogP contribution in [-0.2, 0) is 4.79 Å². The van der Waals surface area contributed by atoms with Crippen LogP contribution in [0.15, 0.2) is 46.9 Å². The third-order valence-electron chi connectivity index (χ3n) is 3.59. The lowest BCUT2D eigenvalue weighted by molar-refractivity contribution is -0.130. The fourth-order valence-electron chi connectivity index (χ4n) is 2.60. The van der Waals surface area contributed by atoms with Gasteiger partial charge >= 0.3 is 0 Å². The molecular weight excluding hydrogens is 268 g/mol. The van der Waals surface area contributed by atoms with Gasteiger partial charge in [-0.1, -0.05) is 30.3 Å². The fraction of sp³-hybridized carbons (Fsp3) is 0.250. The molecule has 0 saturated heterocycles. The SMILES string of the molecule is CC(=O)N1N=C(c2cccs2)C[C@@H]1c1ccccc1C. The number of benzene rings is 1. The Morgan fingerprint density at radius 3 is 2.75 bits per heavy atom. The van der Waals surface area contributed by atoms with Gasteiger partial charge in [0.1, 0.15) is 0 Å². The topological polar surface area (TPSA) is 32.7 Å². The van der Waals surface area contributed by atoms with E-state index in [2.05, 4.69) is 30.2 Å². The highest BCUT2D eigenvalue weighted by Crippen LogP contribution is 2.34. The van der Waals surface area contributed by atoms with Gasteiger partial charge in [0, 0.05) is 13.3 Å². The summed E-state index contributed by atoms with van der Waals surface area (Å²) in [6.07, 6.45) is 0.783. The number of hydrogen-bond acceptors (Lipinski definition) is 3. The van der Waals surface area contributed by atoms with Crippen molar-refractivity contribution >= 4 is 23.0 Å². The highest BCUT2D eigenvalue weighted by molar-refractivity contribution is 7.12. The van der Waals surface area contributed by atoms with Crippen molar-refractivity contribution in [3.8, 4) is 0 Å². The van der Waals surface area contributed by atoms with E-state index in [1.54, 1.807) is 23.3 Å². The second-order valence-electron chi connectivity index (χ2n) is 4.96. The van der Waals surface area contributed by atoms with Gasteiger partial charge in [0.2, 0.25) is 5.91 Å². The molecule has 1 aliphatic rings. The third kappa shape index (κ3) is 2.27. The summed E-state index contributed by atoms with van der Waals surface area (Å²) >= 11 is 1.67. The zero-order chi connectivity index (χ0) is 14.1. The van der Waals surface area contributed by atoms with E-state index in [1.165, 1.54) is 11.1 Å². The number of carbonyl (C=O) groups is 1. The maximum Gasteiger partial charge on any atom is 0.240 e. The first-order chi connectivity index (χ1) is 9.66. The van der Waals surface area contributed by atoms with Gasteiger partial charge in [-0.3, -0.25) is 4.79 Å². The Kier molecular flexibility index (Phi) is 3.40. The predicted molar refractivity (Wildman–Crippen MR) is 81.9 cm³/mol. The van der Waals surface area contributed by atoms with Gasteiger partial charge in [-0.2, -0.15) is 5.10 Å². The lowest BCUT2D eigenvalue weighted by Gasteiger charge is -2.22. The van der Waals surface area contributed by atoms with Gasteiger partial charge in [0.25, 0.3) is 0 Å². The Hall–Kier alpha value is -1.94. The van der Waals surface area contributed by atoms with Crippen LogP contribution in [-0.4, -0.2) is 16.6 Å². The molecule has 1 aromatic carbocycles. The standard InChI is InChI=1S/C16H16N2OS/c1-11-6-3-4-7-13(11)15-10-14(16-8-5-9-20-16)17-18(15)12(2)19/h3-9,15H,10H2,1-2H3/t15-/m1/s1. The number of hydrogen-bond donors (Lipinski definition) is 0. The average molecular weight is 284 g/mol. The molecule has 0 saturated carbocycles. The Morgan fingerprint density at radius 1 is 1.30 bits per heavy atom. The molecule has 2 aromatic rings. The summed E-state index contributed by atoms with van der Waals surface area (Å²) in [5.74, 6) is -0.00944. The van der Waals surface area contributed by atoms with Crippen LogP contribution in [0.5, 0.6) is 0 Å². The molecule has 0 unspecified atom stereocenters. The molecule has 0 spiro atoms. The highest BCUT2D eigenvalue weighted by Gasteiger charge is 2.32. The second kappa shape index (κ2) is 5.21. The maximum absolute atomic E-state index is 11.9. The number of hydrazone groups is 1. The van der Waals surface area contributed by atoms with Gasteiger partial charge in [0.15, 0.2) is 0 Å². The van der Waals surface area contributed by atoms with Crippen molar-refractivity contribution in [3.05, 3.63) is 57.8 Å². The van der Waals surface area contributed by atoms with E-state index in [9.17, 15) is 4.79 Å². The minimum atomic E-state index is -0.00944. The molecule has 1 aromatic heterocycles. The molecular formula is C16H16N2OS. The first-order valence-corrected chi connectivity index (χ1v) is 7.51. The number of carbonyl (C=O) groups excluding carboxylic acids is 1. The van der Waals surface area contributed by atoms with Crippen molar-refractivity contribution in [3.63, 3.8) is 0 Å². The van der Waals surface area contributed by atoms with Crippen molar-refractivity contribution in [1.29, 1.82) is 0 Å². The highest BCUT2D eigenvalue weighted by atomic mass is 32.1. The zero-order valence-electron chi connectivity index (χ0n) is 11.5. The van der Waals surface area contributed by atoms with Crippen molar-refractivity contribution in [2.24, 2.45) is 5.10 Å². The largest absolute Gasteiger partial charge is 0.273 e. The molecule has 3 rings (SSSR count). The molecule has 3 nitrogen and oxygen atoms in total. The fourth-order valence-corrected chi connectivity index (χ4v) is 3.32. The third-order valence-corrected chi connectivity index (χ3v) is 4.50. The van der Waals surface area contributed by atoms with Crippen LogP contribution >= 0.6 is 11.3 Å². The minimum Gasteiger partial charge on any atom is -0.273 e. The van der Waals surface area contributed by atoms with Crippen LogP contribution in [0.2, 0.25) is 0 Å². The summed E-state index contributed by atoms with van der Waals surface area (Å²) in [7, 11) is 0. The number of nitrogens with zero attached hydrogens (tertiary/aromatic N) is 2. The summed E-state index contributed by atoms with van der Waals surface area (Å²) in [5.41, 5.74) is 3.38. The van der Waals surface area contributed by atoms with Crippen molar-refractivity contribution < 1.29 is 4.79 Å². The van der Waals surface area contributed by atoms with Crippen LogP contribution in [0.3, 0.4) is 0 Å². The van der Waals surface area contributed by atoms with Gasteiger partial charge in [0.05, 0.1) is 16.6 Å². The molecule has 0 aliphatic carbocycles. The van der Waals surface area contributed by atoms with Crippen LogP contribution in [0.4, 0.5) is 0 Å². The van der Waals surface area contributed by atoms with Crippen LogP contribution in [0, 0.1) is 6.92 Å². The van der Waals surface area contributed by atoms with Crippen LogP contribution < -0.4 is 0 Å². The van der Waals surface area contributed by atoms with E-state index < -0.39 is 0 Å². The summed E-state index contributed by atoms with van der Waals surface area (Å²) in [4.78, 5) is 13.0. The Labute approximate surface area is 122 Å². The van der Waals surface area contributed by atoms with E-state index >= 15 is 0 Å². The minimum absolute atomic E-state index is 0.00944.